The van der Waals surface area contributed by atoms with Crippen LogP contribution in [-0.4, -0.2) is 113 Å². The Morgan fingerprint density at radius 1 is 1.07 bits per heavy atom. The smallest absolute Gasteiger partial charge is 0.264 e. The summed E-state index contributed by atoms with van der Waals surface area (Å²) < 4.78 is 48.3. The maximum Gasteiger partial charge on any atom is 0.264 e. The van der Waals surface area contributed by atoms with E-state index in [9.17, 15) is 18.5 Å². The van der Waals surface area contributed by atoms with Crippen LogP contribution >= 0.6 is 11.6 Å². The molecule has 6 unspecified atom stereocenters. The molecule has 2 aromatic rings. The molecule has 2 saturated heterocycles. The van der Waals surface area contributed by atoms with Gasteiger partial charge in [0.05, 0.1) is 36.8 Å². The molecule has 2 bridgehead atoms. The van der Waals surface area contributed by atoms with Gasteiger partial charge in [0, 0.05) is 69.4 Å². The number of hydrogen-bond acceptors (Lipinski definition) is 10. The lowest BCUT2D eigenvalue weighted by atomic mass is 9.63. The number of amides is 1. The number of anilines is 1. The van der Waals surface area contributed by atoms with Gasteiger partial charge in [-0.15, -0.1) is 0 Å². The standard InChI is InChI=1S/C42H56ClN5O6S/c1-5-7-31-20-35(43)11-12-36(31)34-23-47-22-33-9-13-37(33)42(52-4,26-46-16-18-48(19-17-46)41(25-44)27-53-28-41)15-6-8-29(2)30(3)55(50,51)45-40(49)32-10-14-39(54-24-34)38(47)21-32/h6,10-12,14-15,20-21,29-30,33-34,37H,5,7-9,13,16-19,22-24,26-28H2,1-4H3,(H,45,49)/b15-6+. The molecule has 0 aromatic heterocycles. The van der Waals surface area contributed by atoms with Gasteiger partial charge in [-0.3, -0.25) is 14.6 Å². The summed E-state index contributed by atoms with van der Waals surface area (Å²) in [4.78, 5) is 20.7. The minimum atomic E-state index is -3.98. The highest BCUT2D eigenvalue weighted by Gasteiger charge is 2.50. The third-order valence-electron chi connectivity index (χ3n) is 13.2. The quantitative estimate of drug-likeness (QED) is 0.353. The zero-order valence-corrected chi connectivity index (χ0v) is 34.2. The molecule has 0 spiro atoms. The van der Waals surface area contributed by atoms with E-state index in [0.29, 0.717) is 50.1 Å². The number of carbonyl (C=O) groups excluding carboxylic acids is 1. The van der Waals surface area contributed by atoms with Crippen molar-refractivity contribution in [3.63, 3.8) is 0 Å². The molecule has 1 saturated carbocycles. The van der Waals surface area contributed by atoms with E-state index in [1.165, 1.54) is 11.1 Å². The van der Waals surface area contributed by atoms with Gasteiger partial charge in [0.2, 0.25) is 10.0 Å². The number of methoxy groups -OCH3 is 1. The fraction of sp³-hybridized carbons (Fsp3) is 0.619. The molecule has 5 aliphatic rings. The number of nitriles is 1. The first-order chi connectivity index (χ1) is 26.4. The van der Waals surface area contributed by atoms with Crippen molar-refractivity contribution < 1.29 is 27.4 Å². The van der Waals surface area contributed by atoms with Crippen molar-refractivity contribution in [3.8, 4) is 11.8 Å². The molecule has 1 amide bonds. The summed E-state index contributed by atoms with van der Waals surface area (Å²) in [6.07, 6.45) is 8.75. The average molecular weight is 794 g/mol. The molecule has 13 heteroatoms. The zero-order valence-electron chi connectivity index (χ0n) is 32.6. The van der Waals surface area contributed by atoms with E-state index >= 15 is 0 Å². The molecule has 4 aliphatic heterocycles. The number of benzene rings is 2. The minimum absolute atomic E-state index is 0.0384. The number of nitrogens with zero attached hydrogens (tertiary/aromatic N) is 4. The maximum absolute atomic E-state index is 13.6. The second kappa shape index (κ2) is 16.4. The fourth-order valence-electron chi connectivity index (χ4n) is 9.30. The lowest BCUT2D eigenvalue weighted by Gasteiger charge is -2.53. The summed E-state index contributed by atoms with van der Waals surface area (Å²) in [5.41, 5.74) is 2.37. The number of ether oxygens (including phenoxy) is 3. The Balaban J connectivity index is 1.24. The predicted octanol–water partition coefficient (Wildman–Crippen LogP) is 5.64. The summed E-state index contributed by atoms with van der Waals surface area (Å²) in [6, 6.07) is 13.9. The first-order valence-corrected chi connectivity index (χ1v) is 21.9. The Bertz CT molecular complexity index is 1910. The number of hydrogen-bond donors (Lipinski definition) is 1. The van der Waals surface area contributed by atoms with Crippen LogP contribution in [0.1, 0.15) is 73.9 Å². The molecule has 3 fully saturated rings. The molecule has 1 N–H and O–H groups in total. The van der Waals surface area contributed by atoms with Crippen LogP contribution in [0.2, 0.25) is 5.02 Å². The largest absolute Gasteiger partial charge is 0.491 e. The molecule has 0 radical (unpaired) electrons. The lowest BCUT2D eigenvalue weighted by molar-refractivity contribution is -0.129. The van der Waals surface area contributed by atoms with Gasteiger partial charge in [0.1, 0.15) is 11.4 Å². The Morgan fingerprint density at radius 2 is 1.85 bits per heavy atom. The molecule has 7 rings (SSSR count). The number of halogens is 1. The molecule has 55 heavy (non-hydrogen) atoms. The van der Waals surface area contributed by atoms with E-state index in [-0.39, 0.29) is 29.2 Å². The molecule has 1 aliphatic carbocycles. The predicted molar refractivity (Wildman–Crippen MR) is 214 cm³/mol. The van der Waals surface area contributed by atoms with Crippen LogP contribution in [0.4, 0.5) is 5.69 Å². The monoisotopic (exact) mass is 793 g/mol. The van der Waals surface area contributed by atoms with Crippen LogP contribution in [-0.2, 0) is 25.9 Å². The normalized spacial score (nSPS) is 31.7. The van der Waals surface area contributed by atoms with Gasteiger partial charge in [-0.25, -0.2) is 13.1 Å². The van der Waals surface area contributed by atoms with Crippen LogP contribution in [0.3, 0.4) is 0 Å². The van der Waals surface area contributed by atoms with Gasteiger partial charge in [0.15, 0.2) is 5.54 Å². The number of carbonyl (C=O) groups is 1. The van der Waals surface area contributed by atoms with Crippen molar-refractivity contribution in [2.45, 2.75) is 75.2 Å². The third-order valence-corrected chi connectivity index (χ3v) is 15.3. The van der Waals surface area contributed by atoms with Gasteiger partial charge >= 0.3 is 0 Å². The maximum atomic E-state index is 13.6. The number of piperazine rings is 1. The van der Waals surface area contributed by atoms with Crippen LogP contribution < -0.4 is 14.4 Å². The highest BCUT2D eigenvalue weighted by molar-refractivity contribution is 7.90. The summed E-state index contributed by atoms with van der Waals surface area (Å²) in [7, 11) is -2.17. The first kappa shape index (κ1) is 40.0. The lowest BCUT2D eigenvalue weighted by Crippen LogP contribution is -2.66. The van der Waals surface area contributed by atoms with Crippen molar-refractivity contribution >= 4 is 33.2 Å². The van der Waals surface area contributed by atoms with Gasteiger partial charge in [0.25, 0.3) is 5.91 Å². The molecule has 4 heterocycles. The molecule has 6 atom stereocenters. The summed E-state index contributed by atoms with van der Waals surface area (Å²) >= 11 is 6.49. The Hall–Kier alpha value is -3.18. The van der Waals surface area contributed by atoms with Crippen molar-refractivity contribution in [1.29, 1.82) is 5.26 Å². The molecular weight excluding hydrogens is 738 g/mol. The fourth-order valence-corrected chi connectivity index (χ4v) is 10.8. The second-order valence-electron chi connectivity index (χ2n) is 16.5. The summed E-state index contributed by atoms with van der Waals surface area (Å²) in [5, 5.41) is 9.84. The minimum Gasteiger partial charge on any atom is -0.491 e. The van der Waals surface area contributed by atoms with Gasteiger partial charge in [-0.1, -0.05) is 50.1 Å². The molecule has 2 aromatic carbocycles. The van der Waals surface area contributed by atoms with Crippen molar-refractivity contribution in [3.05, 3.63) is 70.3 Å². The average Bonchev–Trinajstić information content (AvgIpc) is 3.32. The number of sulfonamides is 1. The highest BCUT2D eigenvalue weighted by Crippen LogP contribution is 2.47. The SMILES string of the molecule is CCCc1cc(Cl)ccc1C1COc2ccc3cc2N(C1)CC1CCC1C(CN1CCN(C2(C#N)COC2)CC1)(OC)/C=C/CC(C)C(C)S(=O)(=O)NC3=O. The van der Waals surface area contributed by atoms with E-state index in [2.05, 4.69) is 56.7 Å². The van der Waals surface area contributed by atoms with Crippen LogP contribution in [0.25, 0.3) is 0 Å². The Labute approximate surface area is 332 Å². The number of aryl methyl sites for hydroxylation is 1. The number of rotatable bonds is 7. The Kier molecular flexibility index (Phi) is 11.9. The van der Waals surface area contributed by atoms with E-state index in [1.54, 1.807) is 19.1 Å². The number of fused-ring (bicyclic) bond motifs is 2. The van der Waals surface area contributed by atoms with E-state index in [1.807, 2.05) is 26.2 Å². The van der Waals surface area contributed by atoms with Crippen molar-refractivity contribution in [2.24, 2.45) is 17.8 Å². The molecular formula is C42H56ClN5O6S. The number of allylic oxidation sites excluding steroid dienone is 1. The summed E-state index contributed by atoms with van der Waals surface area (Å²) in [5.74, 6) is 0.305. The van der Waals surface area contributed by atoms with Crippen LogP contribution in [0, 0.1) is 29.1 Å². The highest BCUT2D eigenvalue weighted by atomic mass is 35.5. The van der Waals surface area contributed by atoms with Gasteiger partial charge in [-0.05, 0) is 91.8 Å². The topological polar surface area (TPSA) is 124 Å². The van der Waals surface area contributed by atoms with Gasteiger partial charge < -0.3 is 19.1 Å². The zero-order chi connectivity index (χ0) is 39.0. The van der Waals surface area contributed by atoms with E-state index < -0.39 is 32.3 Å². The van der Waals surface area contributed by atoms with Gasteiger partial charge in [-0.2, -0.15) is 5.26 Å². The van der Waals surface area contributed by atoms with Crippen LogP contribution in [0.5, 0.6) is 5.75 Å². The van der Waals surface area contributed by atoms with Crippen molar-refractivity contribution in [2.75, 3.05) is 77.6 Å². The number of nitrogens with one attached hydrogen (secondary N) is 1. The Morgan fingerprint density at radius 3 is 2.51 bits per heavy atom. The van der Waals surface area contributed by atoms with Crippen LogP contribution in [0.15, 0.2) is 48.6 Å². The van der Waals surface area contributed by atoms with Crippen molar-refractivity contribution in [1.82, 2.24) is 14.5 Å². The molecule has 11 nitrogen and oxygen atoms in total. The second-order valence-corrected chi connectivity index (χ2v) is 19.0. The first-order valence-electron chi connectivity index (χ1n) is 20.0. The third kappa shape index (κ3) is 8.03. The summed E-state index contributed by atoms with van der Waals surface area (Å²) in [6.45, 7) is 12.4. The van der Waals surface area contributed by atoms with E-state index in [4.69, 9.17) is 25.8 Å². The van der Waals surface area contributed by atoms with E-state index in [0.717, 1.165) is 64.1 Å². The molecule has 298 valence electrons.